The van der Waals surface area contributed by atoms with Crippen LogP contribution in [0.3, 0.4) is 0 Å². The SMILES string of the molecule is CCC(C(=O)N1CCNCC1)N1CCOC1=O. The van der Waals surface area contributed by atoms with Crippen LogP contribution in [0.1, 0.15) is 13.3 Å². The van der Waals surface area contributed by atoms with Gasteiger partial charge in [-0.25, -0.2) is 4.79 Å². The van der Waals surface area contributed by atoms with Gasteiger partial charge in [-0.05, 0) is 6.42 Å². The molecule has 2 amide bonds. The highest BCUT2D eigenvalue weighted by Gasteiger charge is 2.35. The molecule has 2 saturated heterocycles. The molecule has 1 unspecified atom stereocenters. The number of carbonyl (C=O) groups is 2. The maximum absolute atomic E-state index is 12.3. The van der Waals surface area contributed by atoms with Gasteiger partial charge in [0.25, 0.3) is 0 Å². The highest BCUT2D eigenvalue weighted by Crippen LogP contribution is 2.14. The van der Waals surface area contributed by atoms with Crippen LogP contribution in [-0.2, 0) is 9.53 Å². The zero-order chi connectivity index (χ0) is 12.3. The Kier molecular flexibility index (Phi) is 3.83. The molecule has 0 saturated carbocycles. The van der Waals surface area contributed by atoms with Crippen molar-refractivity contribution in [1.82, 2.24) is 15.1 Å². The lowest BCUT2D eigenvalue weighted by Gasteiger charge is -2.33. The summed E-state index contributed by atoms with van der Waals surface area (Å²) in [4.78, 5) is 27.2. The molecule has 0 bridgehead atoms. The molecule has 1 atom stereocenters. The Hall–Kier alpha value is -1.30. The number of nitrogens with one attached hydrogen (secondary N) is 1. The van der Waals surface area contributed by atoms with Crippen molar-refractivity contribution >= 4 is 12.0 Å². The highest BCUT2D eigenvalue weighted by atomic mass is 16.6. The molecular weight excluding hydrogens is 222 g/mol. The van der Waals surface area contributed by atoms with Crippen LogP contribution in [-0.4, -0.2) is 67.2 Å². The number of carbonyl (C=O) groups excluding carboxylic acids is 2. The zero-order valence-electron chi connectivity index (χ0n) is 10.1. The Bertz CT molecular complexity index is 302. The number of ether oxygens (including phenoxy) is 1. The molecule has 1 N–H and O–H groups in total. The highest BCUT2D eigenvalue weighted by molar-refractivity contribution is 5.86. The Morgan fingerprint density at radius 1 is 1.41 bits per heavy atom. The van der Waals surface area contributed by atoms with Gasteiger partial charge in [0.1, 0.15) is 12.6 Å². The fourth-order valence-corrected chi connectivity index (χ4v) is 2.31. The van der Waals surface area contributed by atoms with Crippen molar-refractivity contribution in [1.29, 1.82) is 0 Å². The third kappa shape index (κ3) is 2.52. The average molecular weight is 241 g/mol. The molecule has 0 aromatic carbocycles. The van der Waals surface area contributed by atoms with E-state index in [2.05, 4.69) is 5.32 Å². The molecule has 0 radical (unpaired) electrons. The van der Waals surface area contributed by atoms with Gasteiger partial charge in [0, 0.05) is 26.2 Å². The second-order valence-electron chi connectivity index (χ2n) is 4.31. The number of rotatable bonds is 3. The van der Waals surface area contributed by atoms with Gasteiger partial charge in [-0.2, -0.15) is 0 Å². The van der Waals surface area contributed by atoms with Gasteiger partial charge in [0.05, 0.1) is 6.54 Å². The van der Waals surface area contributed by atoms with Crippen molar-refractivity contribution in [2.24, 2.45) is 0 Å². The van der Waals surface area contributed by atoms with Crippen molar-refractivity contribution in [3.8, 4) is 0 Å². The van der Waals surface area contributed by atoms with E-state index in [9.17, 15) is 9.59 Å². The molecule has 2 heterocycles. The first kappa shape index (κ1) is 12.2. The number of piperazine rings is 1. The molecule has 2 fully saturated rings. The molecule has 0 aliphatic carbocycles. The number of cyclic esters (lactones) is 1. The third-order valence-corrected chi connectivity index (χ3v) is 3.27. The summed E-state index contributed by atoms with van der Waals surface area (Å²) in [5.74, 6) is 0.0489. The average Bonchev–Trinajstić information content (AvgIpc) is 2.78. The second-order valence-corrected chi connectivity index (χ2v) is 4.31. The van der Waals surface area contributed by atoms with Gasteiger partial charge in [0.2, 0.25) is 5.91 Å². The van der Waals surface area contributed by atoms with Gasteiger partial charge in [-0.3, -0.25) is 9.69 Å². The Morgan fingerprint density at radius 3 is 2.65 bits per heavy atom. The number of hydrogen-bond acceptors (Lipinski definition) is 4. The van der Waals surface area contributed by atoms with Crippen LogP contribution in [0, 0.1) is 0 Å². The van der Waals surface area contributed by atoms with E-state index >= 15 is 0 Å². The lowest BCUT2D eigenvalue weighted by Crippen LogP contribution is -2.54. The molecular formula is C11H19N3O3. The van der Waals surface area contributed by atoms with Crippen LogP contribution in [0.25, 0.3) is 0 Å². The Balaban J connectivity index is 2.01. The fourth-order valence-electron chi connectivity index (χ4n) is 2.31. The normalized spacial score (nSPS) is 22.5. The van der Waals surface area contributed by atoms with Gasteiger partial charge in [-0.15, -0.1) is 0 Å². The lowest BCUT2D eigenvalue weighted by atomic mass is 10.1. The van der Waals surface area contributed by atoms with Crippen LogP contribution in [0.4, 0.5) is 4.79 Å². The topological polar surface area (TPSA) is 61.9 Å². The third-order valence-electron chi connectivity index (χ3n) is 3.27. The minimum Gasteiger partial charge on any atom is -0.448 e. The first-order valence-electron chi connectivity index (χ1n) is 6.17. The van der Waals surface area contributed by atoms with Crippen molar-refractivity contribution in [3.05, 3.63) is 0 Å². The van der Waals surface area contributed by atoms with E-state index in [1.54, 1.807) is 4.90 Å². The standard InChI is InChI=1S/C11H19N3O3/c1-2-9(14-7-8-17-11(14)16)10(15)13-5-3-12-4-6-13/h9,12H,2-8H2,1H3. The van der Waals surface area contributed by atoms with E-state index in [0.717, 1.165) is 26.2 Å². The predicted molar refractivity (Wildman–Crippen MR) is 61.6 cm³/mol. The molecule has 6 heteroatoms. The van der Waals surface area contributed by atoms with E-state index in [0.29, 0.717) is 19.6 Å². The number of amides is 2. The summed E-state index contributed by atoms with van der Waals surface area (Å²) < 4.78 is 4.89. The minimum absolute atomic E-state index is 0.0489. The summed E-state index contributed by atoms with van der Waals surface area (Å²) in [6, 6.07) is -0.358. The molecule has 96 valence electrons. The van der Waals surface area contributed by atoms with Gasteiger partial charge < -0.3 is 15.0 Å². The van der Waals surface area contributed by atoms with Crippen LogP contribution in [0.5, 0.6) is 0 Å². The van der Waals surface area contributed by atoms with Crippen molar-refractivity contribution in [2.75, 3.05) is 39.3 Å². The summed E-state index contributed by atoms with van der Waals surface area (Å²) in [5, 5.41) is 3.21. The summed E-state index contributed by atoms with van der Waals surface area (Å²) in [5.41, 5.74) is 0. The molecule has 2 rings (SSSR count). The maximum atomic E-state index is 12.3. The van der Waals surface area contributed by atoms with Gasteiger partial charge in [0.15, 0.2) is 0 Å². The first-order valence-corrected chi connectivity index (χ1v) is 6.17. The molecule has 0 aromatic heterocycles. The molecule has 17 heavy (non-hydrogen) atoms. The smallest absolute Gasteiger partial charge is 0.410 e. The first-order chi connectivity index (χ1) is 8.24. The summed E-state index contributed by atoms with van der Waals surface area (Å²) >= 11 is 0. The Labute approximate surface area is 101 Å². The van der Waals surface area contributed by atoms with Crippen LogP contribution >= 0.6 is 0 Å². The Morgan fingerprint density at radius 2 is 2.12 bits per heavy atom. The van der Waals surface area contributed by atoms with Crippen molar-refractivity contribution in [3.63, 3.8) is 0 Å². The fraction of sp³-hybridized carbons (Fsp3) is 0.818. The van der Waals surface area contributed by atoms with Gasteiger partial charge in [-0.1, -0.05) is 6.92 Å². The van der Waals surface area contributed by atoms with E-state index in [4.69, 9.17) is 4.74 Å². The molecule has 2 aliphatic rings. The van der Waals surface area contributed by atoms with Gasteiger partial charge >= 0.3 is 6.09 Å². The second kappa shape index (κ2) is 5.35. The van der Waals surface area contributed by atoms with E-state index in [1.165, 1.54) is 0 Å². The van der Waals surface area contributed by atoms with Crippen molar-refractivity contribution in [2.45, 2.75) is 19.4 Å². The lowest BCUT2D eigenvalue weighted by molar-refractivity contribution is -0.136. The predicted octanol–water partition coefficient (Wildman–Crippen LogP) is -0.351. The largest absolute Gasteiger partial charge is 0.448 e. The van der Waals surface area contributed by atoms with E-state index in [-0.39, 0.29) is 18.0 Å². The summed E-state index contributed by atoms with van der Waals surface area (Å²) in [6.45, 7) is 5.94. The quantitative estimate of drug-likeness (QED) is 0.733. The molecule has 6 nitrogen and oxygen atoms in total. The van der Waals surface area contributed by atoms with E-state index in [1.807, 2.05) is 11.8 Å². The number of hydrogen-bond donors (Lipinski definition) is 1. The minimum atomic E-state index is -0.361. The maximum Gasteiger partial charge on any atom is 0.410 e. The molecule has 0 aromatic rings. The summed E-state index contributed by atoms with van der Waals surface area (Å²) in [6.07, 6.45) is 0.276. The van der Waals surface area contributed by atoms with Crippen LogP contribution in [0.2, 0.25) is 0 Å². The van der Waals surface area contributed by atoms with E-state index < -0.39 is 0 Å². The van der Waals surface area contributed by atoms with Crippen LogP contribution in [0.15, 0.2) is 0 Å². The zero-order valence-corrected chi connectivity index (χ0v) is 10.1. The molecule has 0 spiro atoms. The monoisotopic (exact) mass is 241 g/mol. The summed E-state index contributed by atoms with van der Waals surface area (Å²) in [7, 11) is 0. The number of nitrogens with zero attached hydrogens (tertiary/aromatic N) is 2. The van der Waals surface area contributed by atoms with Crippen molar-refractivity contribution < 1.29 is 14.3 Å². The van der Waals surface area contributed by atoms with Crippen LogP contribution < -0.4 is 5.32 Å². The molecule has 2 aliphatic heterocycles.